The summed E-state index contributed by atoms with van der Waals surface area (Å²) in [6.45, 7) is 1.76. The van der Waals surface area contributed by atoms with E-state index >= 15 is 0 Å². The maximum absolute atomic E-state index is 13.5. The molecule has 2 aromatic rings. The van der Waals surface area contributed by atoms with E-state index in [4.69, 9.17) is 5.73 Å². The maximum Gasteiger partial charge on any atom is 0.229 e. The molecule has 0 spiro atoms. The highest BCUT2D eigenvalue weighted by molar-refractivity contribution is 5.93. The Hall–Kier alpha value is -2.43. The van der Waals surface area contributed by atoms with Crippen molar-refractivity contribution in [2.45, 2.75) is 13.3 Å². The molecule has 0 bridgehead atoms. The molecular formula is C15H14F2N2O. The number of carbonyl (C=O) groups is 1. The van der Waals surface area contributed by atoms with Gasteiger partial charge < -0.3 is 11.1 Å². The van der Waals surface area contributed by atoms with Gasteiger partial charge >= 0.3 is 0 Å². The Morgan fingerprint density at radius 2 is 1.75 bits per heavy atom. The molecule has 0 unspecified atom stereocenters. The summed E-state index contributed by atoms with van der Waals surface area (Å²) in [5.41, 5.74) is 7.27. The number of halogens is 2. The quantitative estimate of drug-likeness (QED) is 0.847. The predicted molar refractivity (Wildman–Crippen MR) is 74.3 cm³/mol. The van der Waals surface area contributed by atoms with Crippen molar-refractivity contribution in [3.63, 3.8) is 0 Å². The van der Waals surface area contributed by atoms with Crippen LogP contribution in [0.15, 0.2) is 36.4 Å². The van der Waals surface area contributed by atoms with Crippen LogP contribution in [0.5, 0.6) is 0 Å². The van der Waals surface area contributed by atoms with E-state index in [9.17, 15) is 13.6 Å². The second-order valence-corrected chi connectivity index (χ2v) is 4.44. The van der Waals surface area contributed by atoms with Crippen LogP contribution in [0.3, 0.4) is 0 Å². The summed E-state index contributed by atoms with van der Waals surface area (Å²) >= 11 is 0. The molecule has 0 saturated heterocycles. The number of amides is 1. The Balaban J connectivity index is 2.16. The number of hydrogen-bond acceptors (Lipinski definition) is 2. The average Bonchev–Trinajstić information content (AvgIpc) is 2.39. The van der Waals surface area contributed by atoms with Crippen molar-refractivity contribution in [1.82, 2.24) is 0 Å². The molecule has 0 radical (unpaired) electrons. The van der Waals surface area contributed by atoms with Gasteiger partial charge in [-0.1, -0.05) is 12.1 Å². The average molecular weight is 276 g/mol. The molecule has 0 saturated carbocycles. The first-order valence-electron chi connectivity index (χ1n) is 6.07. The third kappa shape index (κ3) is 2.93. The zero-order valence-corrected chi connectivity index (χ0v) is 10.9. The monoisotopic (exact) mass is 276 g/mol. The second kappa shape index (κ2) is 5.69. The Morgan fingerprint density at radius 1 is 1.15 bits per heavy atom. The minimum absolute atomic E-state index is 0.244. The highest BCUT2D eigenvalue weighted by atomic mass is 19.1. The van der Waals surface area contributed by atoms with Gasteiger partial charge in [-0.15, -0.1) is 0 Å². The lowest BCUT2D eigenvalue weighted by molar-refractivity contribution is -0.115. The molecule has 2 aromatic carbocycles. The summed E-state index contributed by atoms with van der Waals surface area (Å²) in [5, 5.41) is 2.60. The van der Waals surface area contributed by atoms with Crippen LogP contribution in [0.4, 0.5) is 20.2 Å². The lowest BCUT2D eigenvalue weighted by atomic mass is 10.1. The van der Waals surface area contributed by atoms with Crippen molar-refractivity contribution >= 4 is 17.3 Å². The van der Waals surface area contributed by atoms with E-state index in [1.54, 1.807) is 25.1 Å². The summed E-state index contributed by atoms with van der Waals surface area (Å²) in [6.07, 6.45) is -0.368. The van der Waals surface area contributed by atoms with Crippen LogP contribution in [0.25, 0.3) is 0 Å². The van der Waals surface area contributed by atoms with Gasteiger partial charge in [0.05, 0.1) is 6.42 Å². The van der Waals surface area contributed by atoms with Crippen LogP contribution in [0.1, 0.15) is 11.1 Å². The van der Waals surface area contributed by atoms with Gasteiger partial charge in [-0.05, 0) is 36.8 Å². The van der Waals surface area contributed by atoms with Crippen LogP contribution in [-0.2, 0) is 11.2 Å². The highest BCUT2D eigenvalue weighted by Gasteiger charge is 2.14. The minimum atomic E-state index is -0.732. The molecule has 0 aromatic heterocycles. The van der Waals surface area contributed by atoms with E-state index in [0.29, 0.717) is 11.4 Å². The number of benzene rings is 2. The van der Waals surface area contributed by atoms with E-state index < -0.39 is 17.5 Å². The lowest BCUT2D eigenvalue weighted by Crippen LogP contribution is -2.17. The normalized spacial score (nSPS) is 10.3. The summed E-state index contributed by atoms with van der Waals surface area (Å²) in [6, 6.07) is 8.59. The van der Waals surface area contributed by atoms with Gasteiger partial charge in [-0.3, -0.25) is 4.79 Å². The number of nitrogen functional groups attached to an aromatic ring is 1. The molecule has 0 atom stereocenters. The summed E-state index contributed by atoms with van der Waals surface area (Å²) in [5.74, 6) is -1.96. The molecule has 104 valence electrons. The Morgan fingerprint density at radius 3 is 2.40 bits per heavy atom. The lowest BCUT2D eigenvalue weighted by Gasteiger charge is -2.10. The van der Waals surface area contributed by atoms with Gasteiger partial charge in [-0.2, -0.15) is 0 Å². The summed E-state index contributed by atoms with van der Waals surface area (Å²) in [4.78, 5) is 11.9. The molecule has 5 heteroatoms. The number of nitrogens with one attached hydrogen (secondary N) is 1. The first-order valence-corrected chi connectivity index (χ1v) is 6.07. The predicted octanol–water partition coefficient (Wildman–Crippen LogP) is 3.04. The molecule has 0 aliphatic carbocycles. The van der Waals surface area contributed by atoms with Crippen LogP contribution in [0.2, 0.25) is 0 Å². The van der Waals surface area contributed by atoms with Crippen molar-refractivity contribution in [2.24, 2.45) is 0 Å². The van der Waals surface area contributed by atoms with Crippen molar-refractivity contribution in [1.29, 1.82) is 0 Å². The van der Waals surface area contributed by atoms with Gasteiger partial charge in [-0.25, -0.2) is 8.78 Å². The first kappa shape index (κ1) is 14.0. The molecule has 0 aliphatic rings. The van der Waals surface area contributed by atoms with Gasteiger partial charge in [0.1, 0.15) is 11.6 Å². The van der Waals surface area contributed by atoms with E-state index in [2.05, 4.69) is 5.32 Å². The zero-order chi connectivity index (χ0) is 14.7. The number of rotatable bonds is 3. The number of carbonyl (C=O) groups excluding carboxylic acids is 1. The van der Waals surface area contributed by atoms with Gasteiger partial charge in [0.15, 0.2) is 0 Å². The van der Waals surface area contributed by atoms with Crippen molar-refractivity contribution in [3.05, 3.63) is 59.2 Å². The van der Waals surface area contributed by atoms with Gasteiger partial charge in [0, 0.05) is 16.9 Å². The van der Waals surface area contributed by atoms with Crippen LogP contribution in [-0.4, -0.2) is 5.91 Å². The maximum atomic E-state index is 13.5. The van der Waals surface area contributed by atoms with Crippen molar-refractivity contribution < 1.29 is 13.6 Å². The molecule has 0 aliphatic heterocycles. The van der Waals surface area contributed by atoms with Gasteiger partial charge in [0.25, 0.3) is 0 Å². The zero-order valence-electron chi connectivity index (χ0n) is 10.9. The highest BCUT2D eigenvalue weighted by Crippen LogP contribution is 2.21. The van der Waals surface area contributed by atoms with Crippen molar-refractivity contribution in [3.8, 4) is 0 Å². The molecule has 3 N–H and O–H groups in total. The van der Waals surface area contributed by atoms with Gasteiger partial charge in [0.2, 0.25) is 5.91 Å². The molecule has 1 amide bonds. The molecule has 0 heterocycles. The minimum Gasteiger partial charge on any atom is -0.398 e. The molecule has 2 rings (SSSR count). The van der Waals surface area contributed by atoms with Crippen molar-refractivity contribution in [2.75, 3.05) is 11.1 Å². The SMILES string of the molecule is Cc1c(N)cccc1NC(=O)Cc1c(F)cccc1F. The van der Waals surface area contributed by atoms with E-state index in [1.807, 2.05) is 0 Å². The van der Waals surface area contributed by atoms with Crippen LogP contribution < -0.4 is 11.1 Å². The number of hydrogen-bond donors (Lipinski definition) is 2. The summed E-state index contributed by atoms with van der Waals surface area (Å²) in [7, 11) is 0. The fourth-order valence-electron chi connectivity index (χ4n) is 1.85. The Bertz CT molecular complexity index is 636. The third-order valence-electron chi connectivity index (χ3n) is 3.05. The summed E-state index contributed by atoms with van der Waals surface area (Å²) < 4.78 is 26.9. The van der Waals surface area contributed by atoms with Crippen LogP contribution in [0, 0.1) is 18.6 Å². The van der Waals surface area contributed by atoms with E-state index in [-0.39, 0.29) is 12.0 Å². The first-order chi connectivity index (χ1) is 9.49. The molecule has 3 nitrogen and oxygen atoms in total. The molecule has 20 heavy (non-hydrogen) atoms. The second-order valence-electron chi connectivity index (χ2n) is 4.44. The number of nitrogens with two attached hydrogens (primary N) is 1. The largest absolute Gasteiger partial charge is 0.398 e. The Kier molecular flexibility index (Phi) is 3.98. The Labute approximate surface area is 115 Å². The fourth-order valence-corrected chi connectivity index (χ4v) is 1.85. The van der Waals surface area contributed by atoms with Crippen LogP contribution >= 0.6 is 0 Å². The molecular weight excluding hydrogens is 262 g/mol. The molecule has 0 fully saturated rings. The number of anilines is 2. The topological polar surface area (TPSA) is 55.1 Å². The van der Waals surface area contributed by atoms with E-state index in [1.165, 1.54) is 6.07 Å². The third-order valence-corrected chi connectivity index (χ3v) is 3.05. The standard InChI is InChI=1S/C15H14F2N2O/c1-9-13(18)6-3-7-14(9)19-15(20)8-10-11(16)4-2-5-12(10)17/h2-7H,8,18H2,1H3,(H,19,20). The van der Waals surface area contributed by atoms with E-state index in [0.717, 1.165) is 17.7 Å². The smallest absolute Gasteiger partial charge is 0.229 e. The fraction of sp³-hybridized carbons (Fsp3) is 0.133.